The molecule has 102 valence electrons. The maximum atomic E-state index is 11.5. The van der Waals surface area contributed by atoms with Gasteiger partial charge in [0, 0.05) is 12.2 Å². The second-order valence-corrected chi connectivity index (χ2v) is 6.35. The molecule has 0 saturated carbocycles. The molecule has 0 bridgehead atoms. The Labute approximate surface area is 114 Å². The van der Waals surface area contributed by atoms with Gasteiger partial charge in [-0.3, -0.25) is 4.79 Å². The second-order valence-electron chi connectivity index (χ2n) is 4.79. The number of hydrogen-bond donors (Lipinski definition) is 0. The molecular formula is C13H28O2SSi. The summed E-state index contributed by atoms with van der Waals surface area (Å²) in [6.45, 7) is 6.51. The molecule has 0 saturated heterocycles. The van der Waals surface area contributed by atoms with Crippen LogP contribution in [0.25, 0.3) is 0 Å². The quantitative estimate of drug-likeness (QED) is 0.453. The van der Waals surface area contributed by atoms with Gasteiger partial charge in [-0.25, -0.2) is 0 Å². The third kappa shape index (κ3) is 8.86. The predicted molar refractivity (Wildman–Crippen MR) is 80.6 cm³/mol. The summed E-state index contributed by atoms with van der Waals surface area (Å²) in [5.74, 6) is 0.950. The van der Waals surface area contributed by atoms with Crippen molar-refractivity contribution in [2.75, 3.05) is 5.75 Å². The fourth-order valence-electron chi connectivity index (χ4n) is 1.65. The van der Waals surface area contributed by atoms with Gasteiger partial charge in [-0.15, -0.1) is 0 Å². The lowest BCUT2D eigenvalue weighted by atomic mass is 9.98. The summed E-state index contributed by atoms with van der Waals surface area (Å²) < 4.78 is 5.62. The van der Waals surface area contributed by atoms with E-state index in [1.54, 1.807) is 0 Å². The van der Waals surface area contributed by atoms with Crippen LogP contribution in [0, 0.1) is 0 Å². The summed E-state index contributed by atoms with van der Waals surface area (Å²) in [5, 5.41) is 0.364. The van der Waals surface area contributed by atoms with Crippen molar-refractivity contribution in [1.82, 2.24) is 0 Å². The van der Waals surface area contributed by atoms with Crippen molar-refractivity contribution in [3.8, 4) is 0 Å². The molecule has 17 heavy (non-hydrogen) atoms. The van der Waals surface area contributed by atoms with Crippen LogP contribution in [-0.4, -0.2) is 27.0 Å². The first-order valence-electron chi connectivity index (χ1n) is 6.78. The summed E-state index contributed by atoms with van der Waals surface area (Å²) >= 11 is 1.51. The van der Waals surface area contributed by atoms with Crippen LogP contribution in [0.1, 0.15) is 65.7 Å². The smallest absolute Gasteiger partial charge is 0.188 e. The van der Waals surface area contributed by atoms with Crippen LogP contribution in [-0.2, 0) is 9.22 Å². The highest BCUT2D eigenvalue weighted by Crippen LogP contribution is 2.22. The summed E-state index contributed by atoms with van der Waals surface area (Å²) in [4.78, 5) is 11.5. The van der Waals surface area contributed by atoms with E-state index < -0.39 is 0 Å². The Bertz CT molecular complexity index is 206. The van der Waals surface area contributed by atoms with E-state index in [1.165, 1.54) is 24.6 Å². The van der Waals surface area contributed by atoms with Crippen LogP contribution >= 0.6 is 11.8 Å². The molecule has 0 aliphatic rings. The molecule has 0 aliphatic carbocycles. The number of carbonyl (C=O) groups excluding carboxylic acids is 1. The van der Waals surface area contributed by atoms with E-state index >= 15 is 0 Å². The lowest BCUT2D eigenvalue weighted by molar-refractivity contribution is -0.111. The van der Waals surface area contributed by atoms with Gasteiger partial charge in [0.1, 0.15) is 10.5 Å². The Morgan fingerprint density at radius 1 is 1.29 bits per heavy atom. The van der Waals surface area contributed by atoms with Crippen LogP contribution in [0.2, 0.25) is 0 Å². The monoisotopic (exact) mass is 276 g/mol. The van der Waals surface area contributed by atoms with Crippen LogP contribution in [0.3, 0.4) is 0 Å². The SMILES string of the molecule is CCCCCC(=O)SCCCC(C)(CC)O[SiH3]. The molecule has 0 spiro atoms. The van der Waals surface area contributed by atoms with Crippen molar-refractivity contribution < 1.29 is 9.22 Å². The van der Waals surface area contributed by atoms with Gasteiger partial charge in [0.2, 0.25) is 0 Å². The van der Waals surface area contributed by atoms with Crippen molar-refractivity contribution in [2.24, 2.45) is 0 Å². The van der Waals surface area contributed by atoms with Gasteiger partial charge in [-0.1, -0.05) is 38.5 Å². The highest BCUT2D eigenvalue weighted by Gasteiger charge is 2.19. The van der Waals surface area contributed by atoms with Gasteiger partial charge in [0.15, 0.2) is 5.12 Å². The molecule has 0 aromatic heterocycles. The molecule has 0 amide bonds. The number of thioether (sulfide) groups is 1. The Balaban J connectivity index is 3.53. The topological polar surface area (TPSA) is 26.3 Å². The highest BCUT2D eigenvalue weighted by molar-refractivity contribution is 8.13. The van der Waals surface area contributed by atoms with E-state index in [2.05, 4.69) is 20.8 Å². The first-order chi connectivity index (χ1) is 8.08. The van der Waals surface area contributed by atoms with Gasteiger partial charge in [0.05, 0.1) is 5.60 Å². The highest BCUT2D eigenvalue weighted by atomic mass is 32.2. The van der Waals surface area contributed by atoms with E-state index in [4.69, 9.17) is 4.43 Å². The van der Waals surface area contributed by atoms with Gasteiger partial charge in [-0.05, 0) is 32.6 Å². The fraction of sp³-hybridized carbons (Fsp3) is 0.923. The molecule has 1 atom stereocenters. The molecule has 0 fully saturated rings. The van der Waals surface area contributed by atoms with E-state index in [9.17, 15) is 4.79 Å². The van der Waals surface area contributed by atoms with E-state index in [0.29, 0.717) is 5.12 Å². The van der Waals surface area contributed by atoms with Gasteiger partial charge in [-0.2, -0.15) is 0 Å². The van der Waals surface area contributed by atoms with Crippen LogP contribution in [0.15, 0.2) is 0 Å². The molecule has 4 heteroatoms. The number of rotatable bonds is 10. The Hall–Kier alpha value is 0.197. The normalized spacial score (nSPS) is 14.8. The largest absolute Gasteiger partial charge is 0.423 e. The van der Waals surface area contributed by atoms with Crippen molar-refractivity contribution in [3.05, 3.63) is 0 Å². The zero-order valence-electron chi connectivity index (χ0n) is 11.9. The van der Waals surface area contributed by atoms with Gasteiger partial charge >= 0.3 is 0 Å². The van der Waals surface area contributed by atoms with Gasteiger partial charge < -0.3 is 4.43 Å². The molecule has 0 N–H and O–H groups in total. The number of unbranched alkanes of at least 4 members (excludes halogenated alkanes) is 2. The first-order valence-corrected chi connectivity index (χ1v) is 8.59. The minimum absolute atomic E-state index is 0.0536. The zero-order valence-corrected chi connectivity index (χ0v) is 14.7. The third-order valence-electron chi connectivity index (χ3n) is 3.34. The lowest BCUT2D eigenvalue weighted by Crippen LogP contribution is -2.26. The van der Waals surface area contributed by atoms with Crippen molar-refractivity contribution in [3.63, 3.8) is 0 Å². The summed E-state index contributed by atoms with van der Waals surface area (Å²) in [5.41, 5.74) is 0.0536. The minimum Gasteiger partial charge on any atom is -0.423 e. The van der Waals surface area contributed by atoms with Crippen LogP contribution in [0.4, 0.5) is 0 Å². The third-order valence-corrected chi connectivity index (χ3v) is 5.34. The van der Waals surface area contributed by atoms with E-state index in [0.717, 1.165) is 48.3 Å². The van der Waals surface area contributed by atoms with Gasteiger partial charge in [0.25, 0.3) is 0 Å². The molecule has 0 aromatic carbocycles. The fourth-order valence-corrected chi connectivity index (χ4v) is 2.94. The molecule has 2 nitrogen and oxygen atoms in total. The lowest BCUT2D eigenvalue weighted by Gasteiger charge is -2.27. The van der Waals surface area contributed by atoms with Crippen LogP contribution in [0.5, 0.6) is 0 Å². The molecule has 0 rings (SSSR count). The van der Waals surface area contributed by atoms with Crippen LogP contribution < -0.4 is 0 Å². The minimum atomic E-state index is 0.0536. The maximum absolute atomic E-state index is 11.5. The summed E-state index contributed by atoms with van der Waals surface area (Å²) in [6.07, 6.45) is 7.38. The van der Waals surface area contributed by atoms with Crippen molar-refractivity contribution in [1.29, 1.82) is 0 Å². The summed E-state index contributed by atoms with van der Waals surface area (Å²) in [7, 11) is 0.799. The first kappa shape index (κ1) is 17.2. The van der Waals surface area contributed by atoms with Crippen molar-refractivity contribution >= 4 is 27.4 Å². The number of hydrogen-bond acceptors (Lipinski definition) is 3. The molecule has 0 heterocycles. The Morgan fingerprint density at radius 3 is 2.53 bits per heavy atom. The van der Waals surface area contributed by atoms with Crippen molar-refractivity contribution in [2.45, 2.75) is 71.3 Å². The summed E-state index contributed by atoms with van der Waals surface area (Å²) in [6, 6.07) is 0. The Kier molecular flexibility index (Phi) is 10.3. The Morgan fingerprint density at radius 2 is 2.00 bits per heavy atom. The molecule has 1 unspecified atom stereocenters. The molecule has 0 aromatic rings. The molecule has 0 aliphatic heterocycles. The average Bonchev–Trinajstić information content (AvgIpc) is 2.35. The number of carbonyl (C=O) groups is 1. The average molecular weight is 277 g/mol. The van der Waals surface area contributed by atoms with E-state index in [-0.39, 0.29) is 5.60 Å². The standard InChI is InChI=1S/C13H28O2SSi/c1-4-6-7-9-12(14)16-11-8-10-13(3,5-2)15-17/h4-11H2,1-3,17H3. The predicted octanol–water partition coefficient (Wildman–Crippen LogP) is 3.07. The maximum Gasteiger partial charge on any atom is 0.188 e. The second kappa shape index (κ2) is 10.2. The zero-order chi connectivity index (χ0) is 13.1. The molecule has 0 radical (unpaired) electrons. The molecular weight excluding hydrogens is 248 g/mol. The van der Waals surface area contributed by atoms with E-state index in [1.807, 2.05) is 0 Å².